The van der Waals surface area contributed by atoms with Crippen molar-refractivity contribution in [2.24, 2.45) is 0 Å². The van der Waals surface area contributed by atoms with E-state index in [-0.39, 0.29) is 6.04 Å². The Bertz CT molecular complexity index is 524. The lowest BCUT2D eigenvalue weighted by molar-refractivity contribution is 0.793. The van der Waals surface area contributed by atoms with Crippen molar-refractivity contribution in [2.45, 2.75) is 31.2 Å². The van der Waals surface area contributed by atoms with E-state index >= 15 is 0 Å². The van der Waals surface area contributed by atoms with Gasteiger partial charge in [-0.15, -0.1) is 11.6 Å². The highest BCUT2D eigenvalue weighted by Crippen LogP contribution is 2.39. The van der Waals surface area contributed by atoms with Crippen molar-refractivity contribution in [3.63, 3.8) is 0 Å². The standard InChI is InChI=1S/C14H16ClN3S/c15-9-12(8-10-4-2-1-3-5-10)16-14-17-13(18-19-14)11-6-7-11/h1-5,11-12H,6-9H2,(H,16,17,18). The molecule has 1 N–H and O–H groups in total. The quantitative estimate of drug-likeness (QED) is 0.826. The summed E-state index contributed by atoms with van der Waals surface area (Å²) in [7, 11) is 0. The summed E-state index contributed by atoms with van der Waals surface area (Å²) in [6.45, 7) is 0. The predicted molar refractivity (Wildman–Crippen MR) is 80.2 cm³/mol. The lowest BCUT2D eigenvalue weighted by atomic mass is 10.1. The third-order valence-corrected chi connectivity index (χ3v) is 4.26. The van der Waals surface area contributed by atoms with Crippen molar-refractivity contribution in [3.05, 3.63) is 41.7 Å². The van der Waals surface area contributed by atoms with Gasteiger partial charge in [-0.25, -0.2) is 4.98 Å². The number of anilines is 1. The molecule has 0 bridgehead atoms. The summed E-state index contributed by atoms with van der Waals surface area (Å²) in [4.78, 5) is 4.54. The van der Waals surface area contributed by atoms with Crippen LogP contribution in [-0.2, 0) is 6.42 Å². The predicted octanol–water partition coefficient (Wildman–Crippen LogP) is 3.68. The Balaban J connectivity index is 1.62. The van der Waals surface area contributed by atoms with Crippen molar-refractivity contribution in [3.8, 4) is 0 Å². The second-order valence-electron chi connectivity index (χ2n) is 4.92. The van der Waals surface area contributed by atoms with Gasteiger partial charge >= 0.3 is 0 Å². The molecule has 1 aliphatic carbocycles. The van der Waals surface area contributed by atoms with Gasteiger partial charge in [0.25, 0.3) is 0 Å². The van der Waals surface area contributed by atoms with Gasteiger partial charge in [-0.05, 0) is 24.8 Å². The largest absolute Gasteiger partial charge is 0.356 e. The fourth-order valence-corrected chi connectivity index (χ4v) is 2.93. The van der Waals surface area contributed by atoms with Gasteiger partial charge in [0.1, 0.15) is 5.82 Å². The van der Waals surface area contributed by atoms with E-state index in [0.29, 0.717) is 11.8 Å². The van der Waals surface area contributed by atoms with E-state index in [0.717, 1.165) is 17.4 Å². The molecule has 1 aromatic carbocycles. The zero-order valence-electron chi connectivity index (χ0n) is 10.6. The van der Waals surface area contributed by atoms with E-state index in [1.54, 1.807) is 0 Å². The lowest BCUT2D eigenvalue weighted by Crippen LogP contribution is -2.24. The van der Waals surface area contributed by atoms with E-state index in [4.69, 9.17) is 11.6 Å². The van der Waals surface area contributed by atoms with Gasteiger partial charge in [-0.2, -0.15) is 4.37 Å². The minimum absolute atomic E-state index is 0.198. The zero-order chi connectivity index (χ0) is 13.1. The topological polar surface area (TPSA) is 37.8 Å². The Morgan fingerprint density at radius 3 is 2.79 bits per heavy atom. The van der Waals surface area contributed by atoms with Gasteiger partial charge in [0.15, 0.2) is 0 Å². The van der Waals surface area contributed by atoms with Crippen LogP contribution < -0.4 is 5.32 Å². The molecule has 1 heterocycles. The number of hydrogen-bond acceptors (Lipinski definition) is 4. The number of benzene rings is 1. The van der Waals surface area contributed by atoms with Crippen molar-refractivity contribution in [1.29, 1.82) is 0 Å². The number of nitrogens with zero attached hydrogens (tertiary/aromatic N) is 2. The first-order chi connectivity index (χ1) is 9.35. The second kappa shape index (κ2) is 5.88. The Hall–Kier alpha value is -1.13. The van der Waals surface area contributed by atoms with Crippen LogP contribution in [0.4, 0.5) is 5.13 Å². The molecule has 2 aromatic rings. The van der Waals surface area contributed by atoms with Gasteiger partial charge in [0, 0.05) is 29.4 Å². The highest BCUT2D eigenvalue weighted by molar-refractivity contribution is 7.09. The van der Waals surface area contributed by atoms with Crippen molar-refractivity contribution < 1.29 is 0 Å². The second-order valence-corrected chi connectivity index (χ2v) is 5.98. The molecule has 1 atom stereocenters. The summed E-state index contributed by atoms with van der Waals surface area (Å²) in [5.41, 5.74) is 1.28. The van der Waals surface area contributed by atoms with Crippen LogP contribution in [0.2, 0.25) is 0 Å². The molecule has 0 radical (unpaired) electrons. The minimum atomic E-state index is 0.198. The van der Waals surface area contributed by atoms with Gasteiger partial charge in [-0.3, -0.25) is 0 Å². The Morgan fingerprint density at radius 2 is 2.11 bits per heavy atom. The maximum Gasteiger partial charge on any atom is 0.202 e. The Labute approximate surface area is 122 Å². The summed E-state index contributed by atoms with van der Waals surface area (Å²) >= 11 is 7.48. The molecule has 1 saturated carbocycles. The van der Waals surface area contributed by atoms with Gasteiger partial charge in [-0.1, -0.05) is 30.3 Å². The summed E-state index contributed by atoms with van der Waals surface area (Å²) in [6, 6.07) is 10.6. The Morgan fingerprint density at radius 1 is 1.32 bits per heavy atom. The van der Waals surface area contributed by atoms with Gasteiger partial charge in [0.2, 0.25) is 5.13 Å². The highest BCUT2D eigenvalue weighted by Gasteiger charge is 2.28. The minimum Gasteiger partial charge on any atom is -0.356 e. The molecule has 1 aliphatic rings. The van der Waals surface area contributed by atoms with E-state index < -0.39 is 0 Å². The van der Waals surface area contributed by atoms with Crippen LogP contribution in [0.15, 0.2) is 30.3 Å². The molecule has 3 rings (SSSR count). The first-order valence-electron chi connectivity index (χ1n) is 6.55. The van der Waals surface area contributed by atoms with Crippen molar-refractivity contribution in [2.75, 3.05) is 11.2 Å². The van der Waals surface area contributed by atoms with Crippen LogP contribution in [0.25, 0.3) is 0 Å². The molecule has 0 saturated heterocycles. The van der Waals surface area contributed by atoms with Crippen LogP contribution in [0.5, 0.6) is 0 Å². The average Bonchev–Trinajstić information content (AvgIpc) is 3.20. The molecular formula is C14H16ClN3S. The number of hydrogen-bond donors (Lipinski definition) is 1. The zero-order valence-corrected chi connectivity index (χ0v) is 12.1. The molecule has 0 aliphatic heterocycles. The average molecular weight is 294 g/mol. The molecule has 1 fully saturated rings. The van der Waals surface area contributed by atoms with Crippen LogP contribution in [-0.4, -0.2) is 21.3 Å². The normalized spacial score (nSPS) is 16.3. The van der Waals surface area contributed by atoms with E-state index in [2.05, 4.69) is 38.9 Å². The SMILES string of the molecule is ClCC(Cc1ccccc1)Nc1nc(C2CC2)ns1. The molecule has 100 valence electrons. The van der Waals surface area contributed by atoms with E-state index in [9.17, 15) is 0 Å². The number of halogens is 1. The summed E-state index contributed by atoms with van der Waals surface area (Å²) in [5.74, 6) is 2.17. The van der Waals surface area contributed by atoms with Crippen LogP contribution in [0.1, 0.15) is 30.1 Å². The fraction of sp³-hybridized carbons (Fsp3) is 0.429. The first-order valence-corrected chi connectivity index (χ1v) is 7.86. The smallest absolute Gasteiger partial charge is 0.202 e. The van der Waals surface area contributed by atoms with E-state index in [1.807, 2.05) is 6.07 Å². The van der Waals surface area contributed by atoms with Crippen molar-refractivity contribution in [1.82, 2.24) is 9.36 Å². The molecule has 1 unspecified atom stereocenters. The van der Waals surface area contributed by atoms with Gasteiger partial charge in [0.05, 0.1) is 0 Å². The third-order valence-electron chi connectivity index (χ3n) is 3.22. The number of aromatic nitrogens is 2. The number of rotatable bonds is 6. The maximum atomic E-state index is 6.04. The first kappa shape index (κ1) is 12.9. The molecule has 1 aromatic heterocycles. The van der Waals surface area contributed by atoms with Crippen LogP contribution in [0.3, 0.4) is 0 Å². The molecule has 0 spiro atoms. The maximum absolute atomic E-state index is 6.04. The number of nitrogens with one attached hydrogen (secondary N) is 1. The molecular weight excluding hydrogens is 278 g/mol. The molecule has 19 heavy (non-hydrogen) atoms. The highest BCUT2D eigenvalue weighted by atomic mass is 35.5. The molecule has 5 heteroatoms. The summed E-state index contributed by atoms with van der Waals surface area (Å²) in [5, 5.41) is 4.29. The Kier molecular flexibility index (Phi) is 3.99. The monoisotopic (exact) mass is 293 g/mol. The lowest BCUT2D eigenvalue weighted by Gasteiger charge is -2.14. The fourth-order valence-electron chi connectivity index (χ4n) is 2.02. The third kappa shape index (κ3) is 3.45. The van der Waals surface area contributed by atoms with Crippen LogP contribution >= 0.6 is 23.1 Å². The summed E-state index contributed by atoms with van der Waals surface area (Å²) in [6.07, 6.45) is 3.38. The van der Waals surface area contributed by atoms with E-state index in [1.165, 1.54) is 29.9 Å². The molecule has 3 nitrogen and oxygen atoms in total. The van der Waals surface area contributed by atoms with Gasteiger partial charge < -0.3 is 5.32 Å². The molecule has 0 amide bonds. The van der Waals surface area contributed by atoms with Crippen molar-refractivity contribution >= 4 is 28.3 Å². The summed E-state index contributed by atoms with van der Waals surface area (Å²) < 4.78 is 4.40. The van der Waals surface area contributed by atoms with Crippen LogP contribution in [0, 0.1) is 0 Å². The number of alkyl halides is 1.